The number of para-hydroxylation sites is 1. The molecule has 0 aliphatic carbocycles. The summed E-state index contributed by atoms with van der Waals surface area (Å²) in [6, 6.07) is 28.9. The smallest absolute Gasteiger partial charge is 0.258 e. The van der Waals surface area contributed by atoms with Gasteiger partial charge in [-0.05, 0) is 23.3 Å². The van der Waals surface area contributed by atoms with Gasteiger partial charge in [-0.2, -0.15) is 0 Å². The summed E-state index contributed by atoms with van der Waals surface area (Å²) in [4.78, 5) is 24.4. The molecule has 6 heteroatoms. The van der Waals surface area contributed by atoms with Crippen LogP contribution in [0.15, 0.2) is 91.0 Å². The van der Waals surface area contributed by atoms with E-state index in [-0.39, 0.29) is 25.0 Å². The van der Waals surface area contributed by atoms with E-state index in [1.165, 1.54) is 0 Å². The van der Waals surface area contributed by atoms with Crippen LogP contribution in [0, 0.1) is 0 Å². The summed E-state index contributed by atoms with van der Waals surface area (Å²) >= 11 is 0. The van der Waals surface area contributed by atoms with Crippen molar-refractivity contribution in [2.24, 2.45) is 0 Å². The van der Waals surface area contributed by atoms with Crippen molar-refractivity contribution in [2.75, 3.05) is 13.2 Å². The molecule has 0 atom stereocenters. The zero-order valence-electron chi connectivity index (χ0n) is 16.7. The minimum Gasteiger partial charge on any atom is -0.484 e. The molecule has 0 aliphatic heterocycles. The zero-order valence-corrected chi connectivity index (χ0v) is 16.7. The summed E-state index contributed by atoms with van der Waals surface area (Å²) < 4.78 is 5.39. The van der Waals surface area contributed by atoms with E-state index in [1.54, 1.807) is 12.1 Å². The highest BCUT2D eigenvalue weighted by atomic mass is 16.5. The molecule has 3 aromatic carbocycles. The van der Waals surface area contributed by atoms with E-state index in [0.717, 1.165) is 11.1 Å². The van der Waals surface area contributed by atoms with Gasteiger partial charge in [0.25, 0.3) is 11.8 Å². The Balaban J connectivity index is 1.50. The molecule has 0 aromatic heterocycles. The quantitative estimate of drug-likeness (QED) is 0.511. The Kier molecular flexibility index (Phi) is 8.00. The van der Waals surface area contributed by atoms with Gasteiger partial charge in [0, 0.05) is 13.1 Å². The molecule has 0 radical (unpaired) electrons. The second-order valence-corrected chi connectivity index (χ2v) is 6.74. The average Bonchev–Trinajstić information content (AvgIpc) is 2.78. The van der Waals surface area contributed by atoms with E-state index in [4.69, 9.17) is 4.74 Å². The first-order valence-corrected chi connectivity index (χ1v) is 9.76. The molecule has 3 rings (SSSR count). The third-order valence-electron chi connectivity index (χ3n) is 4.27. The number of ether oxygens (including phenoxy) is 1. The molecule has 0 bridgehead atoms. The summed E-state index contributed by atoms with van der Waals surface area (Å²) in [6.45, 7) is 0.825. The predicted molar refractivity (Wildman–Crippen MR) is 115 cm³/mol. The van der Waals surface area contributed by atoms with Crippen LogP contribution in [0.1, 0.15) is 11.1 Å². The molecule has 0 saturated heterocycles. The molecule has 0 heterocycles. The van der Waals surface area contributed by atoms with Crippen LogP contribution >= 0.6 is 0 Å². The molecule has 154 valence electrons. The largest absolute Gasteiger partial charge is 0.484 e. The van der Waals surface area contributed by atoms with Gasteiger partial charge in [0.05, 0.1) is 6.54 Å². The standard InChI is InChI=1S/C24H25N3O3/c28-23(16-25-24(29)19-30-22-14-8-3-9-15-22)26-27(17-20-10-4-1-5-11-20)18-21-12-6-2-7-13-21/h1-15H,16-19H2,(H,25,29)(H,26,28). The SMILES string of the molecule is O=C(COc1ccccc1)NCC(=O)NN(Cc1ccccc1)Cc1ccccc1. The summed E-state index contributed by atoms with van der Waals surface area (Å²) in [5.41, 5.74) is 5.04. The van der Waals surface area contributed by atoms with Crippen molar-refractivity contribution >= 4 is 11.8 Å². The van der Waals surface area contributed by atoms with Gasteiger partial charge >= 0.3 is 0 Å². The van der Waals surface area contributed by atoms with Crippen LogP contribution in [0.5, 0.6) is 5.75 Å². The minimum atomic E-state index is -0.355. The molecule has 0 unspecified atom stereocenters. The van der Waals surface area contributed by atoms with Crippen LogP contribution in [0.2, 0.25) is 0 Å². The number of benzene rings is 3. The number of nitrogens with one attached hydrogen (secondary N) is 2. The highest BCUT2D eigenvalue weighted by Crippen LogP contribution is 2.08. The number of rotatable bonds is 10. The lowest BCUT2D eigenvalue weighted by atomic mass is 10.2. The van der Waals surface area contributed by atoms with E-state index in [9.17, 15) is 9.59 Å². The third kappa shape index (κ3) is 7.41. The van der Waals surface area contributed by atoms with E-state index in [2.05, 4.69) is 10.7 Å². The van der Waals surface area contributed by atoms with E-state index < -0.39 is 0 Å². The molecule has 3 aromatic rings. The number of carbonyl (C=O) groups is 2. The Hall–Kier alpha value is -3.64. The van der Waals surface area contributed by atoms with Crippen molar-refractivity contribution in [3.63, 3.8) is 0 Å². The van der Waals surface area contributed by atoms with Crippen LogP contribution in [-0.4, -0.2) is 30.0 Å². The molecule has 0 fully saturated rings. The topological polar surface area (TPSA) is 70.7 Å². The van der Waals surface area contributed by atoms with Crippen molar-refractivity contribution < 1.29 is 14.3 Å². The number of hydrazine groups is 1. The van der Waals surface area contributed by atoms with Gasteiger partial charge in [-0.15, -0.1) is 0 Å². The Morgan fingerprint density at radius 2 is 1.20 bits per heavy atom. The first kappa shape index (κ1) is 21.1. The molecule has 30 heavy (non-hydrogen) atoms. The van der Waals surface area contributed by atoms with Crippen LogP contribution in [-0.2, 0) is 22.7 Å². The lowest BCUT2D eigenvalue weighted by Gasteiger charge is -2.23. The third-order valence-corrected chi connectivity index (χ3v) is 4.27. The Morgan fingerprint density at radius 3 is 1.73 bits per heavy atom. The van der Waals surface area contributed by atoms with Crippen LogP contribution < -0.4 is 15.5 Å². The van der Waals surface area contributed by atoms with Crippen LogP contribution in [0.4, 0.5) is 0 Å². The molecular formula is C24H25N3O3. The van der Waals surface area contributed by atoms with Gasteiger partial charge in [-0.1, -0.05) is 78.9 Å². The second-order valence-electron chi connectivity index (χ2n) is 6.74. The maximum absolute atomic E-state index is 12.4. The number of hydrogen-bond acceptors (Lipinski definition) is 4. The Morgan fingerprint density at radius 1 is 0.700 bits per heavy atom. The second kappa shape index (κ2) is 11.4. The van der Waals surface area contributed by atoms with Gasteiger partial charge in [-0.25, -0.2) is 5.01 Å². The van der Waals surface area contributed by atoms with Crippen molar-refractivity contribution in [2.45, 2.75) is 13.1 Å². The molecule has 0 spiro atoms. The molecule has 0 saturated carbocycles. The number of carbonyl (C=O) groups excluding carboxylic acids is 2. The normalized spacial score (nSPS) is 10.4. The Labute approximate surface area is 176 Å². The van der Waals surface area contributed by atoms with E-state index in [0.29, 0.717) is 18.8 Å². The molecule has 2 N–H and O–H groups in total. The van der Waals surface area contributed by atoms with Gasteiger partial charge < -0.3 is 10.1 Å². The fourth-order valence-electron chi connectivity index (χ4n) is 2.85. The van der Waals surface area contributed by atoms with Crippen molar-refractivity contribution in [3.8, 4) is 5.75 Å². The first-order valence-electron chi connectivity index (χ1n) is 9.76. The molecule has 6 nitrogen and oxygen atoms in total. The Bertz CT molecular complexity index is 877. The van der Waals surface area contributed by atoms with Crippen LogP contribution in [0.25, 0.3) is 0 Å². The van der Waals surface area contributed by atoms with Crippen LogP contribution in [0.3, 0.4) is 0 Å². The van der Waals surface area contributed by atoms with Crippen molar-refractivity contribution in [1.82, 2.24) is 15.8 Å². The molecule has 0 aliphatic rings. The highest BCUT2D eigenvalue weighted by molar-refractivity contribution is 5.85. The first-order chi connectivity index (χ1) is 14.7. The number of amides is 2. The number of nitrogens with zero attached hydrogens (tertiary/aromatic N) is 1. The maximum atomic E-state index is 12.4. The number of hydrogen-bond donors (Lipinski definition) is 2. The minimum absolute atomic E-state index is 0.128. The zero-order chi connectivity index (χ0) is 21.0. The fourth-order valence-corrected chi connectivity index (χ4v) is 2.85. The van der Waals surface area contributed by atoms with Gasteiger partial charge in [-0.3, -0.25) is 15.0 Å². The average molecular weight is 403 g/mol. The van der Waals surface area contributed by atoms with E-state index >= 15 is 0 Å². The lowest BCUT2D eigenvalue weighted by molar-refractivity contribution is -0.130. The van der Waals surface area contributed by atoms with E-state index in [1.807, 2.05) is 83.9 Å². The summed E-state index contributed by atoms with van der Waals surface area (Å²) in [6.07, 6.45) is 0. The van der Waals surface area contributed by atoms with Gasteiger partial charge in [0.2, 0.25) is 0 Å². The predicted octanol–water partition coefficient (Wildman–Crippen LogP) is 2.92. The summed E-state index contributed by atoms with van der Waals surface area (Å²) in [7, 11) is 0. The van der Waals surface area contributed by atoms with Crippen molar-refractivity contribution in [3.05, 3.63) is 102 Å². The lowest BCUT2D eigenvalue weighted by Crippen LogP contribution is -2.46. The fraction of sp³-hybridized carbons (Fsp3) is 0.167. The van der Waals surface area contributed by atoms with Gasteiger partial charge in [0.15, 0.2) is 6.61 Å². The monoisotopic (exact) mass is 403 g/mol. The highest BCUT2D eigenvalue weighted by Gasteiger charge is 2.12. The maximum Gasteiger partial charge on any atom is 0.258 e. The van der Waals surface area contributed by atoms with Crippen molar-refractivity contribution in [1.29, 1.82) is 0 Å². The van der Waals surface area contributed by atoms with Gasteiger partial charge in [0.1, 0.15) is 5.75 Å². The molecular weight excluding hydrogens is 378 g/mol. The summed E-state index contributed by atoms with van der Waals surface area (Å²) in [5.74, 6) is -0.0457. The molecule has 2 amide bonds. The summed E-state index contributed by atoms with van der Waals surface area (Å²) in [5, 5.41) is 4.42.